The van der Waals surface area contributed by atoms with Gasteiger partial charge in [-0.3, -0.25) is 4.79 Å². The molecule has 2 heterocycles. The lowest BCUT2D eigenvalue weighted by molar-refractivity contribution is -0.135. The van der Waals surface area contributed by atoms with E-state index in [0.29, 0.717) is 25.6 Å². The van der Waals surface area contributed by atoms with Crippen molar-refractivity contribution in [3.05, 3.63) is 51.7 Å². The van der Waals surface area contributed by atoms with E-state index in [-0.39, 0.29) is 36.0 Å². The highest BCUT2D eigenvalue weighted by Crippen LogP contribution is 2.34. The number of carbonyl (C=O) groups excluding carboxylic acids is 2. The molecule has 3 amide bonds. The van der Waals surface area contributed by atoms with Gasteiger partial charge in [0.15, 0.2) is 0 Å². The third-order valence-electron chi connectivity index (χ3n) is 6.05. The molecule has 0 saturated heterocycles. The Balaban J connectivity index is 1.76. The standard InChI is InChI=1S/C28H41N3O3S/c1-19(2)16-30(27(33)29-28(5,6)7)17-26(32)31-14-12-25-23(13-15-35-25)24(31)18-34-22-10-8-21(9-11-22)20(3)4/h8-11,13,15,19-20,24H,12,14,16-18H2,1-7H3,(H,29,33). The smallest absolute Gasteiger partial charge is 0.318 e. The number of carbonyl (C=O) groups is 2. The van der Waals surface area contributed by atoms with Gasteiger partial charge < -0.3 is 19.9 Å². The Labute approximate surface area is 214 Å². The van der Waals surface area contributed by atoms with Crippen molar-refractivity contribution in [2.24, 2.45) is 5.92 Å². The normalized spacial score (nSPS) is 15.8. The molecule has 0 fully saturated rings. The number of rotatable bonds is 8. The molecule has 3 rings (SSSR count). The Bertz CT molecular complexity index is 992. The predicted octanol–water partition coefficient (Wildman–Crippen LogP) is 5.84. The molecule has 0 saturated carbocycles. The highest BCUT2D eigenvalue weighted by molar-refractivity contribution is 7.10. The Morgan fingerprint density at radius 1 is 1.14 bits per heavy atom. The average Bonchev–Trinajstić information content (AvgIpc) is 3.24. The summed E-state index contributed by atoms with van der Waals surface area (Å²) in [5.41, 5.74) is 2.06. The van der Waals surface area contributed by atoms with E-state index in [1.807, 2.05) is 37.8 Å². The van der Waals surface area contributed by atoms with E-state index in [0.717, 1.165) is 17.7 Å². The maximum absolute atomic E-state index is 13.6. The van der Waals surface area contributed by atoms with Crippen LogP contribution in [0.25, 0.3) is 0 Å². The number of nitrogens with zero attached hydrogens (tertiary/aromatic N) is 2. The number of hydrogen-bond donors (Lipinski definition) is 1. The van der Waals surface area contributed by atoms with Gasteiger partial charge in [0.1, 0.15) is 18.9 Å². The zero-order valence-corrected chi connectivity index (χ0v) is 23.1. The molecule has 1 aliphatic rings. The number of urea groups is 1. The van der Waals surface area contributed by atoms with Crippen molar-refractivity contribution in [1.29, 1.82) is 0 Å². The van der Waals surface area contributed by atoms with Crippen LogP contribution in [-0.4, -0.2) is 53.5 Å². The summed E-state index contributed by atoms with van der Waals surface area (Å²) >= 11 is 1.74. The van der Waals surface area contributed by atoms with Crippen LogP contribution in [-0.2, 0) is 11.2 Å². The lowest BCUT2D eigenvalue weighted by Gasteiger charge is -2.37. The Morgan fingerprint density at radius 3 is 2.43 bits per heavy atom. The molecule has 0 aliphatic carbocycles. The lowest BCUT2D eigenvalue weighted by atomic mass is 10.00. The Hall–Kier alpha value is -2.54. The van der Waals surface area contributed by atoms with Gasteiger partial charge >= 0.3 is 6.03 Å². The van der Waals surface area contributed by atoms with Crippen LogP contribution in [0.2, 0.25) is 0 Å². The number of nitrogens with one attached hydrogen (secondary N) is 1. The van der Waals surface area contributed by atoms with E-state index >= 15 is 0 Å². The summed E-state index contributed by atoms with van der Waals surface area (Å²) in [7, 11) is 0. The van der Waals surface area contributed by atoms with Crippen LogP contribution in [0.15, 0.2) is 35.7 Å². The molecule has 0 bridgehead atoms. The number of ether oxygens (including phenoxy) is 1. The molecule has 1 aliphatic heterocycles. The van der Waals surface area contributed by atoms with E-state index in [1.165, 1.54) is 10.4 Å². The molecule has 35 heavy (non-hydrogen) atoms. The minimum absolute atomic E-state index is 0.0460. The first-order valence-corrected chi connectivity index (χ1v) is 13.5. The summed E-state index contributed by atoms with van der Waals surface area (Å²) in [6.07, 6.45) is 0.830. The largest absolute Gasteiger partial charge is 0.491 e. The van der Waals surface area contributed by atoms with E-state index in [2.05, 4.69) is 56.6 Å². The van der Waals surface area contributed by atoms with Crippen LogP contribution < -0.4 is 10.1 Å². The summed E-state index contributed by atoms with van der Waals surface area (Å²) in [5.74, 6) is 1.48. The van der Waals surface area contributed by atoms with Crippen LogP contribution in [0.5, 0.6) is 5.75 Å². The SMILES string of the molecule is CC(C)CN(CC(=O)N1CCc2sccc2C1COc1ccc(C(C)C)cc1)C(=O)NC(C)(C)C. The molecule has 0 spiro atoms. The minimum atomic E-state index is -0.368. The van der Waals surface area contributed by atoms with Gasteiger partial charge in [-0.2, -0.15) is 0 Å². The summed E-state index contributed by atoms with van der Waals surface area (Å²) in [5, 5.41) is 5.10. The highest BCUT2D eigenvalue weighted by Gasteiger charge is 2.34. The fraction of sp³-hybridized carbons (Fsp3) is 0.571. The highest BCUT2D eigenvalue weighted by atomic mass is 32.1. The van der Waals surface area contributed by atoms with Crippen molar-refractivity contribution < 1.29 is 14.3 Å². The van der Waals surface area contributed by atoms with Gasteiger partial charge in [-0.25, -0.2) is 4.79 Å². The van der Waals surface area contributed by atoms with E-state index in [1.54, 1.807) is 16.2 Å². The number of thiophene rings is 1. The van der Waals surface area contributed by atoms with Crippen molar-refractivity contribution in [3.63, 3.8) is 0 Å². The first kappa shape index (κ1) is 27.1. The van der Waals surface area contributed by atoms with Gasteiger partial charge in [-0.1, -0.05) is 39.8 Å². The fourth-order valence-electron chi connectivity index (χ4n) is 4.31. The molecule has 1 unspecified atom stereocenters. The predicted molar refractivity (Wildman–Crippen MR) is 143 cm³/mol. The van der Waals surface area contributed by atoms with Gasteiger partial charge in [0.05, 0.1) is 6.04 Å². The number of fused-ring (bicyclic) bond motifs is 1. The van der Waals surface area contributed by atoms with Crippen LogP contribution in [0, 0.1) is 5.92 Å². The zero-order chi connectivity index (χ0) is 25.8. The first-order chi connectivity index (χ1) is 16.4. The molecule has 2 aromatic rings. The zero-order valence-electron chi connectivity index (χ0n) is 22.3. The van der Waals surface area contributed by atoms with Gasteiger partial charge in [0.2, 0.25) is 5.91 Å². The maximum Gasteiger partial charge on any atom is 0.318 e. The molecule has 1 N–H and O–H groups in total. The molecule has 1 aromatic carbocycles. The van der Waals surface area contributed by atoms with E-state index < -0.39 is 0 Å². The number of benzene rings is 1. The summed E-state index contributed by atoms with van der Waals surface area (Å²) in [6, 6.07) is 9.92. The molecule has 6 nitrogen and oxygen atoms in total. The van der Waals surface area contributed by atoms with Crippen molar-refractivity contribution in [3.8, 4) is 5.75 Å². The topological polar surface area (TPSA) is 61.9 Å². The Kier molecular flexibility index (Phi) is 8.86. The minimum Gasteiger partial charge on any atom is -0.491 e. The van der Waals surface area contributed by atoms with Crippen molar-refractivity contribution in [2.45, 2.75) is 72.4 Å². The molecule has 1 atom stereocenters. The van der Waals surface area contributed by atoms with Gasteiger partial charge in [-0.15, -0.1) is 11.3 Å². The second-order valence-corrected chi connectivity index (χ2v) is 12.1. The summed E-state index contributed by atoms with van der Waals surface area (Å²) < 4.78 is 6.19. The quantitative estimate of drug-likeness (QED) is 0.496. The van der Waals surface area contributed by atoms with Gasteiger partial charge in [0.25, 0.3) is 0 Å². The monoisotopic (exact) mass is 499 g/mol. The maximum atomic E-state index is 13.6. The first-order valence-electron chi connectivity index (χ1n) is 12.6. The fourth-order valence-corrected chi connectivity index (χ4v) is 5.24. The summed E-state index contributed by atoms with van der Waals surface area (Å²) in [4.78, 5) is 31.4. The van der Waals surface area contributed by atoms with Crippen molar-refractivity contribution in [2.75, 3.05) is 26.2 Å². The summed E-state index contributed by atoms with van der Waals surface area (Å²) in [6.45, 7) is 15.9. The van der Waals surface area contributed by atoms with Crippen molar-refractivity contribution in [1.82, 2.24) is 15.1 Å². The van der Waals surface area contributed by atoms with Crippen LogP contribution in [0.1, 0.15) is 76.4 Å². The molecule has 7 heteroatoms. The molecule has 192 valence electrons. The van der Waals surface area contributed by atoms with Gasteiger partial charge in [-0.05, 0) is 73.7 Å². The lowest BCUT2D eigenvalue weighted by Crippen LogP contribution is -2.53. The molecular weight excluding hydrogens is 458 g/mol. The number of amides is 3. The van der Waals surface area contributed by atoms with Crippen LogP contribution >= 0.6 is 11.3 Å². The third-order valence-corrected chi connectivity index (χ3v) is 7.05. The average molecular weight is 500 g/mol. The molecule has 1 aromatic heterocycles. The van der Waals surface area contributed by atoms with Crippen LogP contribution in [0.3, 0.4) is 0 Å². The molecular formula is C28H41N3O3S. The number of hydrogen-bond acceptors (Lipinski definition) is 4. The van der Waals surface area contributed by atoms with E-state index in [9.17, 15) is 9.59 Å². The molecule has 0 radical (unpaired) electrons. The second kappa shape index (κ2) is 11.5. The van der Waals surface area contributed by atoms with E-state index in [4.69, 9.17) is 4.74 Å². The second-order valence-electron chi connectivity index (χ2n) is 11.1. The third kappa shape index (κ3) is 7.47. The Morgan fingerprint density at radius 2 is 1.83 bits per heavy atom. The van der Waals surface area contributed by atoms with Crippen molar-refractivity contribution >= 4 is 23.3 Å². The van der Waals surface area contributed by atoms with Crippen LogP contribution in [0.4, 0.5) is 4.79 Å². The van der Waals surface area contributed by atoms with Gasteiger partial charge in [0, 0.05) is 23.5 Å².